The first kappa shape index (κ1) is 21.6. The Morgan fingerprint density at radius 2 is 1.83 bits per heavy atom. The van der Waals surface area contributed by atoms with E-state index in [0.29, 0.717) is 24.4 Å². The van der Waals surface area contributed by atoms with Crippen molar-refractivity contribution in [3.8, 4) is 5.75 Å². The van der Waals surface area contributed by atoms with Gasteiger partial charge in [0.1, 0.15) is 5.75 Å². The highest BCUT2D eigenvalue weighted by molar-refractivity contribution is 6.04. The van der Waals surface area contributed by atoms with E-state index in [-0.39, 0.29) is 17.8 Å². The minimum absolute atomic E-state index is 0.00663. The Morgan fingerprint density at radius 3 is 2.50 bits per heavy atom. The van der Waals surface area contributed by atoms with Crippen molar-refractivity contribution in [3.63, 3.8) is 0 Å². The molecule has 0 aliphatic carbocycles. The number of halogens is 3. The Morgan fingerprint density at radius 1 is 1.10 bits per heavy atom. The molecule has 1 aliphatic rings. The van der Waals surface area contributed by atoms with E-state index >= 15 is 0 Å². The lowest BCUT2D eigenvalue weighted by molar-refractivity contribution is -0.137. The molecule has 30 heavy (non-hydrogen) atoms. The van der Waals surface area contributed by atoms with Crippen molar-refractivity contribution in [1.29, 1.82) is 0 Å². The molecule has 1 fully saturated rings. The van der Waals surface area contributed by atoms with Crippen molar-refractivity contribution < 1.29 is 32.2 Å². The van der Waals surface area contributed by atoms with Gasteiger partial charge in [0, 0.05) is 13.2 Å². The summed E-state index contributed by atoms with van der Waals surface area (Å²) in [7, 11) is 0. The minimum Gasteiger partial charge on any atom is -0.484 e. The monoisotopic (exact) mass is 422 g/mol. The summed E-state index contributed by atoms with van der Waals surface area (Å²) < 4.78 is 48.4. The van der Waals surface area contributed by atoms with Crippen molar-refractivity contribution in [1.82, 2.24) is 5.32 Å². The van der Waals surface area contributed by atoms with E-state index < -0.39 is 24.3 Å². The van der Waals surface area contributed by atoms with Gasteiger partial charge in [0.25, 0.3) is 11.8 Å². The molecule has 1 aliphatic heterocycles. The van der Waals surface area contributed by atoms with Crippen LogP contribution >= 0.6 is 0 Å². The standard InChI is InChI=1S/C21H21F3N2O4/c22-21(23,24)14-7-9-15(10-8-14)30-13-19(27)26-18-6-2-1-5-17(18)20(28)25-12-16-4-3-11-29-16/h1-2,5-10,16H,3-4,11-13H2,(H,25,28)(H,26,27). The topological polar surface area (TPSA) is 76.7 Å². The third-order valence-corrected chi connectivity index (χ3v) is 4.51. The van der Waals surface area contributed by atoms with Crippen molar-refractivity contribution >= 4 is 17.5 Å². The van der Waals surface area contributed by atoms with Gasteiger partial charge in [0.05, 0.1) is 22.9 Å². The van der Waals surface area contributed by atoms with Crippen molar-refractivity contribution in [2.75, 3.05) is 25.1 Å². The first-order valence-corrected chi connectivity index (χ1v) is 9.41. The van der Waals surface area contributed by atoms with E-state index in [4.69, 9.17) is 9.47 Å². The van der Waals surface area contributed by atoms with Crippen LogP contribution in [0.1, 0.15) is 28.8 Å². The summed E-state index contributed by atoms with van der Waals surface area (Å²) in [6, 6.07) is 10.5. The van der Waals surface area contributed by atoms with Crippen molar-refractivity contribution in [2.45, 2.75) is 25.1 Å². The molecule has 0 spiro atoms. The van der Waals surface area contributed by atoms with Crippen LogP contribution in [0.5, 0.6) is 5.75 Å². The number of amides is 2. The molecule has 1 saturated heterocycles. The van der Waals surface area contributed by atoms with Gasteiger partial charge < -0.3 is 20.1 Å². The van der Waals surface area contributed by atoms with Crippen molar-refractivity contribution in [3.05, 3.63) is 59.7 Å². The van der Waals surface area contributed by atoms with Crippen molar-refractivity contribution in [2.24, 2.45) is 0 Å². The second-order valence-electron chi connectivity index (χ2n) is 6.75. The fraction of sp³-hybridized carbons (Fsp3) is 0.333. The maximum atomic E-state index is 12.6. The van der Waals surface area contributed by atoms with Gasteiger partial charge in [-0.3, -0.25) is 9.59 Å². The predicted octanol–water partition coefficient (Wildman–Crippen LogP) is 3.63. The van der Waals surface area contributed by atoms with Crippen LogP contribution in [-0.2, 0) is 15.7 Å². The predicted molar refractivity (Wildman–Crippen MR) is 103 cm³/mol. The van der Waals surface area contributed by atoms with Crippen LogP contribution in [0.15, 0.2) is 48.5 Å². The zero-order valence-corrected chi connectivity index (χ0v) is 16.0. The summed E-state index contributed by atoms with van der Waals surface area (Å²) in [6.45, 7) is 0.654. The first-order valence-electron chi connectivity index (χ1n) is 9.41. The third kappa shape index (κ3) is 5.96. The summed E-state index contributed by atoms with van der Waals surface area (Å²) in [5.41, 5.74) is -0.205. The molecule has 1 atom stereocenters. The van der Waals surface area contributed by atoms with Crippen LogP contribution < -0.4 is 15.4 Å². The fourth-order valence-corrected chi connectivity index (χ4v) is 2.97. The summed E-state index contributed by atoms with van der Waals surface area (Å²) in [6.07, 6.45) is -2.59. The zero-order chi connectivity index (χ0) is 21.6. The molecule has 0 radical (unpaired) electrons. The number of rotatable bonds is 7. The van der Waals surface area contributed by atoms with Gasteiger partial charge in [-0.1, -0.05) is 12.1 Å². The number of para-hydroxylation sites is 1. The Labute approximate surface area is 171 Å². The normalized spacial score (nSPS) is 16.2. The van der Waals surface area contributed by atoms with E-state index in [1.807, 2.05) is 0 Å². The molecule has 0 saturated carbocycles. The van der Waals surface area contributed by atoms with Crippen LogP contribution in [0.4, 0.5) is 18.9 Å². The second kappa shape index (κ2) is 9.62. The van der Waals surface area contributed by atoms with Crippen LogP contribution in [0.3, 0.4) is 0 Å². The van der Waals surface area contributed by atoms with Gasteiger partial charge in [-0.05, 0) is 49.2 Å². The van der Waals surface area contributed by atoms with Gasteiger partial charge in [0.2, 0.25) is 0 Å². The molecule has 2 N–H and O–H groups in total. The van der Waals surface area contributed by atoms with E-state index in [9.17, 15) is 22.8 Å². The van der Waals surface area contributed by atoms with Crippen LogP contribution in [0.2, 0.25) is 0 Å². The van der Waals surface area contributed by atoms with E-state index in [1.54, 1.807) is 24.3 Å². The Bertz CT molecular complexity index is 879. The quantitative estimate of drug-likeness (QED) is 0.715. The highest BCUT2D eigenvalue weighted by atomic mass is 19.4. The van der Waals surface area contributed by atoms with E-state index in [1.165, 1.54) is 0 Å². The molecule has 160 valence electrons. The highest BCUT2D eigenvalue weighted by Gasteiger charge is 2.30. The zero-order valence-electron chi connectivity index (χ0n) is 16.0. The Hall–Kier alpha value is -3.07. The molecule has 0 aromatic heterocycles. The Kier molecular flexibility index (Phi) is 6.94. The molecule has 0 bridgehead atoms. The van der Waals surface area contributed by atoms with E-state index in [0.717, 1.165) is 37.1 Å². The van der Waals surface area contributed by atoms with Gasteiger partial charge >= 0.3 is 6.18 Å². The number of hydrogen-bond donors (Lipinski definition) is 2. The van der Waals surface area contributed by atoms with Crippen LogP contribution in [0.25, 0.3) is 0 Å². The maximum Gasteiger partial charge on any atom is 0.416 e. The lowest BCUT2D eigenvalue weighted by Gasteiger charge is -2.14. The number of carbonyl (C=O) groups is 2. The van der Waals surface area contributed by atoms with E-state index in [2.05, 4.69) is 10.6 Å². The molecule has 1 heterocycles. The number of hydrogen-bond acceptors (Lipinski definition) is 4. The first-order chi connectivity index (χ1) is 14.3. The number of alkyl halides is 3. The van der Waals surface area contributed by atoms with Crippen LogP contribution in [0, 0.1) is 0 Å². The molecule has 2 aromatic rings. The van der Waals surface area contributed by atoms with Gasteiger partial charge in [-0.2, -0.15) is 13.2 Å². The maximum absolute atomic E-state index is 12.6. The average Bonchev–Trinajstić information content (AvgIpc) is 3.24. The molecular formula is C21H21F3N2O4. The molecule has 2 amide bonds. The van der Waals surface area contributed by atoms with Gasteiger partial charge in [-0.25, -0.2) is 0 Å². The summed E-state index contributed by atoms with van der Waals surface area (Å²) >= 11 is 0. The molecule has 2 aromatic carbocycles. The minimum atomic E-state index is -4.44. The second-order valence-corrected chi connectivity index (χ2v) is 6.75. The summed E-state index contributed by atoms with van der Waals surface area (Å²) in [5.74, 6) is -0.764. The molecule has 1 unspecified atom stereocenters. The Balaban J connectivity index is 1.54. The number of nitrogens with one attached hydrogen (secondary N) is 2. The van der Waals surface area contributed by atoms with Gasteiger partial charge in [0.15, 0.2) is 6.61 Å². The fourth-order valence-electron chi connectivity index (χ4n) is 2.97. The number of carbonyl (C=O) groups excluding carboxylic acids is 2. The lowest BCUT2D eigenvalue weighted by Crippen LogP contribution is -2.32. The largest absolute Gasteiger partial charge is 0.484 e. The summed E-state index contributed by atoms with van der Waals surface area (Å²) in [5, 5.41) is 5.38. The molecule has 3 rings (SSSR count). The highest BCUT2D eigenvalue weighted by Crippen LogP contribution is 2.30. The lowest BCUT2D eigenvalue weighted by atomic mass is 10.1. The summed E-state index contributed by atoms with van der Waals surface area (Å²) in [4.78, 5) is 24.6. The van der Waals surface area contributed by atoms with Crippen LogP contribution in [-0.4, -0.2) is 37.7 Å². The van der Waals surface area contributed by atoms with Gasteiger partial charge in [-0.15, -0.1) is 0 Å². The third-order valence-electron chi connectivity index (χ3n) is 4.51. The molecule has 6 nitrogen and oxygen atoms in total. The average molecular weight is 422 g/mol. The number of ether oxygens (including phenoxy) is 2. The molecular weight excluding hydrogens is 401 g/mol. The number of benzene rings is 2. The SMILES string of the molecule is O=C(COc1ccc(C(F)(F)F)cc1)Nc1ccccc1C(=O)NCC1CCCO1. The molecule has 9 heteroatoms. The smallest absolute Gasteiger partial charge is 0.416 e. The number of anilines is 1.